The molecule has 0 bridgehead atoms. The van der Waals surface area contributed by atoms with E-state index in [2.05, 4.69) is 58.2 Å². The summed E-state index contributed by atoms with van der Waals surface area (Å²) in [6.07, 6.45) is 0. The highest BCUT2D eigenvalue weighted by atomic mass is 79.9. The lowest BCUT2D eigenvalue weighted by Crippen LogP contribution is -2.04. The lowest BCUT2D eigenvalue weighted by atomic mass is 10.2. The number of benzene rings is 1. The van der Waals surface area contributed by atoms with Crippen molar-refractivity contribution in [2.75, 3.05) is 12.4 Å². The number of hydrogen-bond donors (Lipinski definition) is 1. The number of nitrogens with zero attached hydrogens (tertiary/aromatic N) is 2. The Labute approximate surface area is 143 Å². The molecule has 0 unspecified atom stereocenters. The van der Waals surface area contributed by atoms with Crippen LogP contribution in [0.5, 0.6) is 5.88 Å². The van der Waals surface area contributed by atoms with Gasteiger partial charge in [-0.3, -0.25) is 0 Å². The Morgan fingerprint density at radius 2 is 1.85 bits per heavy atom. The Balaban J connectivity index is 2.26. The molecule has 0 aliphatic heterocycles. The predicted octanol–water partition coefficient (Wildman–Crippen LogP) is 4.64. The van der Waals surface area contributed by atoms with Crippen molar-refractivity contribution in [1.29, 1.82) is 0 Å². The van der Waals surface area contributed by atoms with Crippen LogP contribution in [0, 0.1) is 6.92 Å². The summed E-state index contributed by atoms with van der Waals surface area (Å²) in [6.45, 7) is 2.62. The summed E-state index contributed by atoms with van der Waals surface area (Å²) in [5.74, 6) is 0.777. The first-order valence-electron chi connectivity index (χ1n) is 5.89. The topological polar surface area (TPSA) is 39.1 Å². The molecule has 1 N–H and O–H groups in total. The van der Waals surface area contributed by atoms with Crippen molar-refractivity contribution in [3.05, 3.63) is 36.8 Å². The molecule has 2 aromatic rings. The SMILES string of the molecule is COc1c(CNc2c(Br)cc(Br)cc2Br)c(C)nn1C. The number of anilines is 1. The van der Waals surface area contributed by atoms with Gasteiger partial charge in [-0.25, -0.2) is 4.68 Å². The molecule has 0 saturated heterocycles. The maximum atomic E-state index is 5.39. The second-order valence-corrected chi connectivity index (χ2v) is 6.92. The van der Waals surface area contributed by atoms with Gasteiger partial charge in [0, 0.05) is 27.0 Å². The van der Waals surface area contributed by atoms with E-state index in [9.17, 15) is 0 Å². The second-order valence-electron chi connectivity index (χ2n) is 4.29. The molecule has 0 atom stereocenters. The third kappa shape index (κ3) is 3.20. The van der Waals surface area contributed by atoms with E-state index in [0.717, 1.165) is 36.2 Å². The normalized spacial score (nSPS) is 10.7. The summed E-state index contributed by atoms with van der Waals surface area (Å²) in [4.78, 5) is 0. The first-order valence-corrected chi connectivity index (χ1v) is 8.26. The Hall–Kier alpha value is -0.530. The van der Waals surface area contributed by atoms with Gasteiger partial charge in [-0.2, -0.15) is 5.10 Å². The van der Waals surface area contributed by atoms with Crippen molar-refractivity contribution in [1.82, 2.24) is 9.78 Å². The number of hydrogen-bond acceptors (Lipinski definition) is 3. The van der Waals surface area contributed by atoms with Crippen molar-refractivity contribution in [3.8, 4) is 5.88 Å². The minimum atomic E-state index is 0.641. The van der Waals surface area contributed by atoms with Gasteiger partial charge in [-0.15, -0.1) is 0 Å². The molecule has 1 heterocycles. The van der Waals surface area contributed by atoms with Crippen LogP contribution in [0.15, 0.2) is 25.6 Å². The van der Waals surface area contributed by atoms with E-state index in [4.69, 9.17) is 4.74 Å². The van der Waals surface area contributed by atoms with E-state index in [1.54, 1.807) is 11.8 Å². The standard InChI is InChI=1S/C13H14Br3N3O/c1-7-9(13(20-3)19(2)18-7)6-17-12-10(15)4-8(14)5-11(12)16/h4-5,17H,6H2,1-3H3. The van der Waals surface area contributed by atoms with E-state index in [1.165, 1.54) is 0 Å². The van der Waals surface area contributed by atoms with Gasteiger partial charge in [-0.05, 0) is 50.9 Å². The zero-order valence-electron chi connectivity index (χ0n) is 11.3. The van der Waals surface area contributed by atoms with Crippen LogP contribution in [0.2, 0.25) is 0 Å². The highest BCUT2D eigenvalue weighted by Crippen LogP contribution is 2.35. The van der Waals surface area contributed by atoms with Crippen LogP contribution in [0.3, 0.4) is 0 Å². The summed E-state index contributed by atoms with van der Waals surface area (Å²) in [6, 6.07) is 4.00. The molecule has 0 saturated carbocycles. The summed E-state index contributed by atoms with van der Waals surface area (Å²) in [5, 5.41) is 7.78. The van der Waals surface area contributed by atoms with Gasteiger partial charge < -0.3 is 10.1 Å². The molecule has 0 aliphatic rings. The molecule has 1 aromatic heterocycles. The van der Waals surface area contributed by atoms with Crippen LogP contribution < -0.4 is 10.1 Å². The molecule has 108 valence electrons. The lowest BCUT2D eigenvalue weighted by Gasteiger charge is -2.12. The Morgan fingerprint density at radius 1 is 1.25 bits per heavy atom. The zero-order valence-corrected chi connectivity index (χ0v) is 16.1. The second kappa shape index (κ2) is 6.49. The van der Waals surface area contributed by atoms with Gasteiger partial charge in [0.25, 0.3) is 0 Å². The maximum Gasteiger partial charge on any atom is 0.216 e. The average molecular weight is 468 g/mol. The number of halogens is 3. The molecule has 0 spiro atoms. The van der Waals surface area contributed by atoms with Crippen molar-refractivity contribution < 1.29 is 4.74 Å². The van der Waals surface area contributed by atoms with Crippen LogP contribution >= 0.6 is 47.8 Å². The van der Waals surface area contributed by atoms with Crippen molar-refractivity contribution in [3.63, 3.8) is 0 Å². The monoisotopic (exact) mass is 465 g/mol. The summed E-state index contributed by atoms with van der Waals surface area (Å²) in [7, 11) is 3.53. The van der Waals surface area contributed by atoms with Crippen molar-refractivity contribution >= 4 is 53.5 Å². The van der Waals surface area contributed by atoms with Gasteiger partial charge in [0.2, 0.25) is 5.88 Å². The fourth-order valence-electron chi connectivity index (χ4n) is 2.03. The summed E-state index contributed by atoms with van der Waals surface area (Å²) < 4.78 is 10.1. The fourth-order valence-corrected chi connectivity index (χ4v) is 4.57. The molecule has 0 fully saturated rings. The van der Waals surface area contributed by atoms with Crippen molar-refractivity contribution in [2.24, 2.45) is 7.05 Å². The molecule has 0 radical (unpaired) electrons. The van der Waals surface area contributed by atoms with Gasteiger partial charge in [0.1, 0.15) is 0 Å². The third-order valence-electron chi connectivity index (χ3n) is 2.93. The maximum absolute atomic E-state index is 5.39. The van der Waals surface area contributed by atoms with Gasteiger partial charge >= 0.3 is 0 Å². The highest BCUT2D eigenvalue weighted by Gasteiger charge is 2.15. The number of rotatable bonds is 4. The van der Waals surface area contributed by atoms with E-state index >= 15 is 0 Å². The number of methoxy groups -OCH3 is 1. The Kier molecular flexibility index (Phi) is 5.14. The number of nitrogens with one attached hydrogen (secondary N) is 1. The first-order chi connectivity index (χ1) is 9.43. The molecule has 4 nitrogen and oxygen atoms in total. The number of aromatic nitrogens is 2. The summed E-state index contributed by atoms with van der Waals surface area (Å²) in [5.41, 5.74) is 3.01. The first kappa shape index (κ1) is 15.9. The van der Waals surface area contributed by atoms with Gasteiger partial charge in [0.05, 0.1) is 24.1 Å². The zero-order chi connectivity index (χ0) is 14.9. The predicted molar refractivity (Wildman–Crippen MR) is 91.4 cm³/mol. The minimum Gasteiger partial charge on any atom is -0.481 e. The quantitative estimate of drug-likeness (QED) is 0.712. The number of ether oxygens (including phenoxy) is 1. The third-order valence-corrected chi connectivity index (χ3v) is 4.64. The molecule has 20 heavy (non-hydrogen) atoms. The molecular weight excluding hydrogens is 454 g/mol. The molecule has 0 aliphatic carbocycles. The van der Waals surface area contributed by atoms with Crippen molar-refractivity contribution in [2.45, 2.75) is 13.5 Å². The lowest BCUT2D eigenvalue weighted by molar-refractivity contribution is 0.370. The van der Waals surface area contributed by atoms with E-state index in [0.29, 0.717) is 6.54 Å². The van der Waals surface area contributed by atoms with Crippen LogP contribution in [-0.4, -0.2) is 16.9 Å². The van der Waals surface area contributed by atoms with Crippen LogP contribution in [0.1, 0.15) is 11.3 Å². The highest BCUT2D eigenvalue weighted by molar-refractivity contribution is 9.11. The molecule has 2 rings (SSSR count). The Bertz CT molecular complexity index is 617. The average Bonchev–Trinajstić information content (AvgIpc) is 2.62. The van der Waals surface area contributed by atoms with E-state index in [1.807, 2.05) is 26.1 Å². The summed E-state index contributed by atoms with van der Waals surface area (Å²) >= 11 is 10.6. The number of aryl methyl sites for hydroxylation is 2. The van der Waals surface area contributed by atoms with E-state index < -0.39 is 0 Å². The molecule has 7 heteroatoms. The molecular formula is C13H14Br3N3O. The minimum absolute atomic E-state index is 0.641. The van der Waals surface area contributed by atoms with Gasteiger partial charge in [-0.1, -0.05) is 15.9 Å². The fraction of sp³-hybridized carbons (Fsp3) is 0.308. The van der Waals surface area contributed by atoms with Crippen LogP contribution in [0.25, 0.3) is 0 Å². The molecule has 1 aromatic carbocycles. The van der Waals surface area contributed by atoms with E-state index in [-0.39, 0.29) is 0 Å². The molecule has 0 amide bonds. The largest absolute Gasteiger partial charge is 0.481 e. The van der Waals surface area contributed by atoms with Crippen LogP contribution in [0.4, 0.5) is 5.69 Å². The smallest absolute Gasteiger partial charge is 0.216 e. The van der Waals surface area contributed by atoms with Crippen LogP contribution in [-0.2, 0) is 13.6 Å². The van der Waals surface area contributed by atoms with Gasteiger partial charge in [0.15, 0.2) is 0 Å². The Morgan fingerprint density at radius 3 is 2.40 bits per heavy atom.